The van der Waals surface area contributed by atoms with Gasteiger partial charge in [0.1, 0.15) is 5.82 Å². The van der Waals surface area contributed by atoms with Crippen LogP contribution in [-0.2, 0) is 0 Å². The molecule has 0 unspecified atom stereocenters. The molecule has 3 rings (SSSR count). The van der Waals surface area contributed by atoms with Crippen molar-refractivity contribution in [2.24, 2.45) is 0 Å². The fraction of sp³-hybridized carbons (Fsp3) is 0.308. The normalized spacial score (nSPS) is 15.5. The van der Waals surface area contributed by atoms with Crippen molar-refractivity contribution in [3.05, 3.63) is 44.4 Å². The van der Waals surface area contributed by atoms with Gasteiger partial charge in [0.05, 0.1) is 9.99 Å². The summed E-state index contributed by atoms with van der Waals surface area (Å²) in [6.45, 7) is 1.93. The third-order valence-corrected chi connectivity index (χ3v) is 3.80. The first kappa shape index (κ1) is 11.0. The summed E-state index contributed by atoms with van der Waals surface area (Å²) >= 11 is 3.18. The van der Waals surface area contributed by atoms with Crippen molar-refractivity contribution in [2.75, 3.05) is 0 Å². The lowest BCUT2D eigenvalue weighted by Crippen LogP contribution is -2.11. The van der Waals surface area contributed by atoms with E-state index in [2.05, 4.69) is 20.5 Å². The van der Waals surface area contributed by atoms with Crippen molar-refractivity contribution in [2.45, 2.75) is 25.8 Å². The smallest absolute Gasteiger partial charge is 0.189 e. The lowest BCUT2D eigenvalue weighted by molar-refractivity contribution is 0.622. The van der Waals surface area contributed by atoms with E-state index < -0.39 is 0 Å². The Bertz CT molecular complexity index is 673. The van der Waals surface area contributed by atoms with E-state index in [-0.39, 0.29) is 11.2 Å². The highest BCUT2D eigenvalue weighted by atomic mass is 79.9. The number of nitrogens with zero attached hydrogens (tertiary/aromatic N) is 1. The number of hydrogen-bond donors (Lipinski definition) is 0. The fourth-order valence-corrected chi connectivity index (χ4v) is 2.61. The molecule has 0 saturated heterocycles. The van der Waals surface area contributed by atoms with Gasteiger partial charge in [-0.15, -0.1) is 0 Å². The van der Waals surface area contributed by atoms with Gasteiger partial charge in [-0.2, -0.15) is 0 Å². The maximum atomic E-state index is 13.5. The van der Waals surface area contributed by atoms with Crippen molar-refractivity contribution in [3.8, 4) is 0 Å². The quantitative estimate of drug-likeness (QED) is 0.789. The zero-order chi connectivity index (χ0) is 12.2. The minimum atomic E-state index is -0.388. The Labute approximate surface area is 106 Å². The molecule has 0 atom stereocenters. The molecule has 1 aromatic heterocycles. The number of benzene rings is 1. The minimum Gasteiger partial charge on any atom is -0.342 e. The molecule has 0 bridgehead atoms. The number of rotatable bonds is 1. The molecule has 1 aliphatic carbocycles. The molecule has 1 fully saturated rings. The highest BCUT2D eigenvalue weighted by Gasteiger charge is 2.26. The van der Waals surface area contributed by atoms with Crippen LogP contribution in [0.4, 0.5) is 4.39 Å². The molecule has 0 spiro atoms. The summed E-state index contributed by atoms with van der Waals surface area (Å²) in [4.78, 5) is 11.9. The van der Waals surface area contributed by atoms with E-state index in [1.807, 2.05) is 6.92 Å². The van der Waals surface area contributed by atoms with E-state index in [1.165, 1.54) is 6.07 Å². The van der Waals surface area contributed by atoms with E-state index in [0.717, 1.165) is 24.1 Å². The Morgan fingerprint density at radius 3 is 2.71 bits per heavy atom. The lowest BCUT2D eigenvalue weighted by atomic mass is 10.1. The maximum Gasteiger partial charge on any atom is 0.189 e. The molecular weight excluding hydrogens is 285 g/mol. The van der Waals surface area contributed by atoms with E-state index in [1.54, 1.807) is 12.1 Å². The van der Waals surface area contributed by atoms with Gasteiger partial charge in [-0.05, 0) is 47.8 Å². The summed E-state index contributed by atoms with van der Waals surface area (Å²) < 4.78 is 16.0. The number of aryl methyl sites for hydroxylation is 1. The number of hydrogen-bond acceptors (Lipinski definition) is 1. The molecule has 1 aromatic carbocycles. The van der Waals surface area contributed by atoms with Crippen molar-refractivity contribution >= 4 is 26.8 Å². The van der Waals surface area contributed by atoms with Crippen molar-refractivity contribution < 1.29 is 4.39 Å². The predicted octanol–water partition coefficient (Wildman–Crippen LogP) is 3.55. The Kier molecular flexibility index (Phi) is 2.36. The van der Waals surface area contributed by atoms with Crippen LogP contribution in [0.3, 0.4) is 0 Å². The molecule has 1 heterocycles. The fourth-order valence-electron chi connectivity index (χ4n) is 2.28. The topological polar surface area (TPSA) is 22.0 Å². The maximum absolute atomic E-state index is 13.5. The molecule has 88 valence electrons. The number of halogens is 2. The van der Waals surface area contributed by atoms with Crippen LogP contribution in [0.2, 0.25) is 0 Å². The summed E-state index contributed by atoms with van der Waals surface area (Å²) in [5.74, 6) is -0.388. The van der Waals surface area contributed by atoms with Gasteiger partial charge >= 0.3 is 0 Å². The summed E-state index contributed by atoms with van der Waals surface area (Å²) in [5.41, 5.74) is 1.66. The molecule has 4 heteroatoms. The van der Waals surface area contributed by atoms with Crippen LogP contribution in [0.1, 0.15) is 24.6 Å². The van der Waals surface area contributed by atoms with E-state index >= 15 is 0 Å². The molecule has 0 amide bonds. The van der Waals surface area contributed by atoms with Crippen LogP contribution in [-0.4, -0.2) is 4.57 Å². The van der Waals surface area contributed by atoms with Gasteiger partial charge in [0, 0.05) is 23.2 Å². The summed E-state index contributed by atoms with van der Waals surface area (Å²) in [6.07, 6.45) is 2.27. The molecule has 2 nitrogen and oxygen atoms in total. The highest BCUT2D eigenvalue weighted by molar-refractivity contribution is 9.10. The largest absolute Gasteiger partial charge is 0.342 e. The van der Waals surface area contributed by atoms with Gasteiger partial charge in [0.15, 0.2) is 5.43 Å². The second-order valence-electron chi connectivity index (χ2n) is 4.53. The van der Waals surface area contributed by atoms with Crippen LogP contribution in [0.15, 0.2) is 27.5 Å². The lowest BCUT2D eigenvalue weighted by Gasteiger charge is -2.14. The van der Waals surface area contributed by atoms with Crippen LogP contribution >= 0.6 is 15.9 Å². The summed E-state index contributed by atoms with van der Waals surface area (Å²) in [6, 6.07) is 5.08. The molecule has 1 aliphatic rings. The van der Waals surface area contributed by atoms with E-state index in [9.17, 15) is 9.18 Å². The number of fused-ring (bicyclic) bond motifs is 1. The molecule has 17 heavy (non-hydrogen) atoms. The Morgan fingerprint density at radius 1 is 1.35 bits per heavy atom. The van der Waals surface area contributed by atoms with Crippen molar-refractivity contribution in [1.29, 1.82) is 0 Å². The Morgan fingerprint density at radius 2 is 2.06 bits per heavy atom. The minimum absolute atomic E-state index is 0.110. The van der Waals surface area contributed by atoms with Gasteiger partial charge in [0.25, 0.3) is 0 Å². The first-order valence-corrected chi connectivity index (χ1v) is 6.38. The second-order valence-corrected chi connectivity index (χ2v) is 5.39. The zero-order valence-corrected chi connectivity index (χ0v) is 10.9. The molecule has 0 N–H and O–H groups in total. The number of pyridine rings is 1. The Hall–Kier alpha value is -1.16. The van der Waals surface area contributed by atoms with Crippen molar-refractivity contribution in [1.82, 2.24) is 4.57 Å². The molecule has 2 aromatic rings. The summed E-state index contributed by atoms with van der Waals surface area (Å²) in [5, 5.41) is 0.461. The van der Waals surface area contributed by atoms with E-state index in [4.69, 9.17) is 0 Å². The van der Waals surface area contributed by atoms with E-state index in [0.29, 0.717) is 15.9 Å². The SMILES string of the molecule is Cc1cc(=O)c2cc(F)c(Br)cc2n1C1CC1. The van der Waals surface area contributed by atoms with Gasteiger partial charge in [-0.1, -0.05) is 0 Å². The molecule has 0 aliphatic heterocycles. The summed E-state index contributed by atoms with van der Waals surface area (Å²) in [7, 11) is 0. The standard InChI is InChI=1S/C13H11BrFNO/c1-7-4-13(17)9-5-11(15)10(14)6-12(9)16(7)8-2-3-8/h4-6,8H,2-3H2,1H3. The van der Waals surface area contributed by atoms with Crippen LogP contribution in [0.25, 0.3) is 10.9 Å². The third-order valence-electron chi connectivity index (χ3n) is 3.20. The monoisotopic (exact) mass is 295 g/mol. The first-order chi connectivity index (χ1) is 8.08. The molecular formula is C13H11BrFNO. The van der Waals surface area contributed by atoms with Crippen LogP contribution in [0, 0.1) is 12.7 Å². The van der Waals surface area contributed by atoms with Crippen LogP contribution in [0.5, 0.6) is 0 Å². The van der Waals surface area contributed by atoms with Gasteiger partial charge in [-0.25, -0.2) is 4.39 Å². The number of aromatic nitrogens is 1. The average Bonchev–Trinajstić information content (AvgIpc) is 3.05. The highest BCUT2D eigenvalue weighted by Crippen LogP contribution is 2.38. The van der Waals surface area contributed by atoms with Gasteiger partial charge < -0.3 is 4.57 Å². The molecule has 1 saturated carbocycles. The average molecular weight is 296 g/mol. The first-order valence-electron chi connectivity index (χ1n) is 5.59. The second kappa shape index (κ2) is 3.67. The van der Waals surface area contributed by atoms with Gasteiger partial charge in [0.2, 0.25) is 0 Å². The predicted molar refractivity (Wildman–Crippen MR) is 68.9 cm³/mol. The zero-order valence-electron chi connectivity index (χ0n) is 9.34. The third kappa shape index (κ3) is 1.71. The van der Waals surface area contributed by atoms with Crippen molar-refractivity contribution in [3.63, 3.8) is 0 Å². The Balaban J connectivity index is 2.46. The van der Waals surface area contributed by atoms with Gasteiger partial charge in [-0.3, -0.25) is 4.79 Å². The van der Waals surface area contributed by atoms with Crippen LogP contribution < -0.4 is 5.43 Å². The molecule has 0 radical (unpaired) electrons.